The summed E-state index contributed by atoms with van der Waals surface area (Å²) >= 11 is 11.4. The highest BCUT2D eigenvalue weighted by Gasteiger charge is 2.07. The number of rotatable bonds is 2. The maximum Gasteiger partial charge on any atom is 0.256 e. The number of amides is 1. The minimum Gasteiger partial charge on any atom is -0.307 e. The third-order valence-corrected chi connectivity index (χ3v) is 2.36. The summed E-state index contributed by atoms with van der Waals surface area (Å²) in [5.74, 6) is 0.0690. The van der Waals surface area contributed by atoms with Crippen molar-refractivity contribution in [3.05, 3.63) is 52.4 Å². The number of nitrogens with one attached hydrogen (secondary N) is 1. The van der Waals surface area contributed by atoms with E-state index in [9.17, 15) is 4.79 Å². The van der Waals surface area contributed by atoms with E-state index in [0.29, 0.717) is 16.5 Å². The largest absolute Gasteiger partial charge is 0.307 e. The van der Waals surface area contributed by atoms with Crippen LogP contribution in [0.2, 0.25) is 10.3 Å². The van der Waals surface area contributed by atoms with Crippen molar-refractivity contribution in [2.45, 2.75) is 0 Å². The molecule has 2 aromatic heterocycles. The fourth-order valence-corrected chi connectivity index (χ4v) is 1.55. The first-order valence-corrected chi connectivity index (χ1v) is 5.46. The molecule has 0 saturated carbocycles. The summed E-state index contributed by atoms with van der Waals surface area (Å²) in [5, 5.41) is 3.18. The number of carbonyl (C=O) groups is 1. The Labute approximate surface area is 108 Å². The van der Waals surface area contributed by atoms with E-state index in [1.807, 2.05) is 0 Å². The van der Waals surface area contributed by atoms with Crippen molar-refractivity contribution in [3.8, 4) is 0 Å². The highest BCUT2D eigenvalue weighted by molar-refractivity contribution is 6.30. The fraction of sp³-hybridized carbons (Fsp3) is 0. The first-order valence-electron chi connectivity index (χ1n) is 4.70. The molecule has 17 heavy (non-hydrogen) atoms. The molecule has 0 aromatic carbocycles. The summed E-state index contributed by atoms with van der Waals surface area (Å²) in [4.78, 5) is 19.5. The molecule has 4 nitrogen and oxygen atoms in total. The molecule has 2 rings (SSSR count). The molecule has 2 aromatic rings. The predicted molar refractivity (Wildman–Crippen MR) is 66.4 cm³/mol. The number of hydrogen-bond donors (Lipinski definition) is 1. The van der Waals surface area contributed by atoms with E-state index in [1.165, 1.54) is 12.3 Å². The van der Waals surface area contributed by atoms with Crippen molar-refractivity contribution in [3.63, 3.8) is 0 Å². The number of nitrogens with zero attached hydrogens (tertiary/aromatic N) is 2. The maximum absolute atomic E-state index is 11.8. The van der Waals surface area contributed by atoms with Gasteiger partial charge in [0.1, 0.15) is 16.1 Å². The van der Waals surface area contributed by atoms with Gasteiger partial charge in [-0.15, -0.1) is 0 Å². The quantitative estimate of drug-likeness (QED) is 0.851. The van der Waals surface area contributed by atoms with Crippen LogP contribution in [0.1, 0.15) is 10.4 Å². The minimum atomic E-state index is -0.316. The lowest BCUT2D eigenvalue weighted by Gasteiger charge is -2.04. The van der Waals surface area contributed by atoms with Crippen LogP contribution >= 0.6 is 23.2 Å². The second kappa shape index (κ2) is 5.12. The van der Waals surface area contributed by atoms with Gasteiger partial charge in [-0.1, -0.05) is 29.3 Å². The van der Waals surface area contributed by atoms with E-state index < -0.39 is 0 Å². The Morgan fingerprint density at radius 3 is 2.71 bits per heavy atom. The first kappa shape index (κ1) is 11.8. The average Bonchev–Trinajstić information content (AvgIpc) is 2.29. The molecule has 86 valence electrons. The Balaban J connectivity index is 2.17. The van der Waals surface area contributed by atoms with Crippen LogP contribution in [0, 0.1) is 0 Å². The Morgan fingerprint density at radius 1 is 1.18 bits per heavy atom. The fourth-order valence-electron chi connectivity index (χ4n) is 1.21. The Morgan fingerprint density at radius 2 is 2.00 bits per heavy atom. The lowest BCUT2D eigenvalue weighted by Crippen LogP contribution is -2.12. The zero-order valence-corrected chi connectivity index (χ0v) is 10.0. The van der Waals surface area contributed by atoms with Gasteiger partial charge in [-0.2, -0.15) is 0 Å². The van der Waals surface area contributed by atoms with Crippen molar-refractivity contribution in [1.29, 1.82) is 0 Å². The Bertz CT molecular complexity index is 560. The van der Waals surface area contributed by atoms with Crippen LogP contribution in [0.5, 0.6) is 0 Å². The predicted octanol–water partition coefficient (Wildman–Crippen LogP) is 3.04. The smallest absolute Gasteiger partial charge is 0.256 e. The molecule has 0 spiro atoms. The van der Waals surface area contributed by atoms with Crippen molar-refractivity contribution in [2.75, 3.05) is 5.32 Å². The average molecular weight is 268 g/mol. The molecular formula is C11H7Cl2N3O. The molecule has 0 unspecified atom stereocenters. The van der Waals surface area contributed by atoms with Gasteiger partial charge in [0.2, 0.25) is 0 Å². The summed E-state index contributed by atoms with van der Waals surface area (Å²) in [7, 11) is 0. The number of pyridine rings is 2. The van der Waals surface area contributed by atoms with E-state index in [1.54, 1.807) is 24.3 Å². The molecule has 0 aliphatic carbocycles. The van der Waals surface area contributed by atoms with E-state index in [-0.39, 0.29) is 11.1 Å². The van der Waals surface area contributed by atoms with Crippen LogP contribution in [0.25, 0.3) is 0 Å². The number of anilines is 1. The molecule has 1 N–H and O–H groups in total. The third-order valence-electron chi connectivity index (χ3n) is 1.95. The first-order chi connectivity index (χ1) is 8.15. The van der Waals surface area contributed by atoms with E-state index in [2.05, 4.69) is 15.3 Å². The molecule has 6 heteroatoms. The van der Waals surface area contributed by atoms with E-state index in [0.717, 1.165) is 0 Å². The third kappa shape index (κ3) is 3.15. The summed E-state index contributed by atoms with van der Waals surface area (Å²) < 4.78 is 0. The SMILES string of the molecule is O=C(Nc1cccc(Cl)n1)c1ccnc(Cl)c1. The van der Waals surface area contributed by atoms with Crippen LogP contribution in [-0.2, 0) is 0 Å². The number of halogens is 2. The van der Waals surface area contributed by atoms with Gasteiger partial charge in [-0.05, 0) is 24.3 Å². The summed E-state index contributed by atoms with van der Waals surface area (Å²) in [6.45, 7) is 0. The van der Waals surface area contributed by atoms with Crippen molar-refractivity contribution >= 4 is 34.9 Å². The lowest BCUT2D eigenvalue weighted by atomic mass is 10.2. The molecule has 2 heterocycles. The van der Waals surface area contributed by atoms with Crippen LogP contribution in [0.3, 0.4) is 0 Å². The molecule has 0 atom stereocenters. The molecule has 0 fully saturated rings. The monoisotopic (exact) mass is 267 g/mol. The molecular weight excluding hydrogens is 261 g/mol. The molecule has 0 bridgehead atoms. The zero-order valence-electron chi connectivity index (χ0n) is 8.52. The van der Waals surface area contributed by atoms with Gasteiger partial charge >= 0.3 is 0 Å². The van der Waals surface area contributed by atoms with Crippen LogP contribution in [-0.4, -0.2) is 15.9 Å². The normalized spacial score (nSPS) is 10.0. The van der Waals surface area contributed by atoms with Gasteiger partial charge < -0.3 is 5.32 Å². The zero-order chi connectivity index (χ0) is 12.3. The Kier molecular flexibility index (Phi) is 3.56. The standard InChI is InChI=1S/C11H7Cl2N3O/c12-8-2-1-3-10(15-8)16-11(17)7-4-5-14-9(13)6-7/h1-6H,(H,15,16,17). The maximum atomic E-state index is 11.8. The number of aromatic nitrogens is 2. The van der Waals surface area contributed by atoms with Gasteiger partial charge in [0.15, 0.2) is 0 Å². The second-order valence-corrected chi connectivity index (χ2v) is 3.94. The summed E-state index contributed by atoms with van der Waals surface area (Å²) in [5.41, 5.74) is 0.409. The molecule has 0 radical (unpaired) electrons. The van der Waals surface area contributed by atoms with Gasteiger partial charge in [-0.3, -0.25) is 4.79 Å². The van der Waals surface area contributed by atoms with Gasteiger partial charge in [0.05, 0.1) is 0 Å². The second-order valence-electron chi connectivity index (χ2n) is 3.17. The molecule has 0 saturated heterocycles. The van der Waals surface area contributed by atoms with E-state index >= 15 is 0 Å². The van der Waals surface area contributed by atoms with Crippen molar-refractivity contribution in [1.82, 2.24) is 9.97 Å². The summed E-state index contributed by atoms with van der Waals surface area (Å²) in [6, 6.07) is 8.00. The molecule has 1 amide bonds. The highest BCUT2D eigenvalue weighted by Crippen LogP contribution is 2.12. The van der Waals surface area contributed by atoms with Gasteiger partial charge in [0, 0.05) is 11.8 Å². The van der Waals surface area contributed by atoms with Crippen LogP contribution < -0.4 is 5.32 Å². The Hall–Kier alpha value is -1.65. The van der Waals surface area contributed by atoms with Crippen molar-refractivity contribution in [2.24, 2.45) is 0 Å². The lowest BCUT2D eigenvalue weighted by molar-refractivity contribution is 0.102. The van der Waals surface area contributed by atoms with Gasteiger partial charge in [-0.25, -0.2) is 9.97 Å². The van der Waals surface area contributed by atoms with Crippen LogP contribution in [0.4, 0.5) is 5.82 Å². The van der Waals surface area contributed by atoms with Crippen LogP contribution in [0.15, 0.2) is 36.5 Å². The van der Waals surface area contributed by atoms with E-state index in [4.69, 9.17) is 23.2 Å². The highest BCUT2D eigenvalue weighted by atomic mass is 35.5. The van der Waals surface area contributed by atoms with Crippen molar-refractivity contribution < 1.29 is 4.79 Å². The minimum absolute atomic E-state index is 0.261. The van der Waals surface area contributed by atoms with Gasteiger partial charge in [0.25, 0.3) is 5.91 Å². The summed E-state index contributed by atoms with van der Waals surface area (Å²) in [6.07, 6.45) is 1.46. The number of hydrogen-bond acceptors (Lipinski definition) is 3. The number of carbonyl (C=O) groups excluding carboxylic acids is 1. The molecule has 0 aliphatic heterocycles. The topological polar surface area (TPSA) is 54.9 Å². The molecule has 0 aliphatic rings.